The lowest BCUT2D eigenvalue weighted by Crippen LogP contribution is -2.51. The number of rotatable bonds is 11. The monoisotopic (exact) mass is 407 g/mol. The molecule has 2 N–H and O–H groups in total. The Morgan fingerprint density at radius 2 is 1.75 bits per heavy atom. The summed E-state index contributed by atoms with van der Waals surface area (Å²) >= 11 is 1.21. The van der Waals surface area contributed by atoms with Gasteiger partial charge in [0.15, 0.2) is 5.12 Å². The fourth-order valence-electron chi connectivity index (χ4n) is 2.67. The Kier molecular flexibility index (Phi) is 11.3. The van der Waals surface area contributed by atoms with Gasteiger partial charge in [-0.05, 0) is 30.7 Å². The highest BCUT2D eigenvalue weighted by molar-refractivity contribution is 8.13. The summed E-state index contributed by atoms with van der Waals surface area (Å²) in [5.74, 6) is 0.810. The van der Waals surface area contributed by atoms with E-state index in [2.05, 4.69) is 24.5 Å². The first-order valence-electron chi connectivity index (χ1n) is 9.77. The molecule has 1 atom stereocenters. The number of benzene rings is 1. The van der Waals surface area contributed by atoms with Crippen molar-refractivity contribution < 1.29 is 14.4 Å². The molecule has 0 heterocycles. The molecule has 0 aliphatic carbocycles. The van der Waals surface area contributed by atoms with E-state index in [1.165, 1.54) is 18.7 Å². The van der Waals surface area contributed by atoms with E-state index < -0.39 is 6.04 Å². The van der Waals surface area contributed by atoms with Gasteiger partial charge in [-0.3, -0.25) is 9.59 Å². The Balaban J connectivity index is 2.72. The molecule has 1 rings (SSSR count). The number of carbonyl (C=O) groups is 3. The van der Waals surface area contributed by atoms with Crippen LogP contribution in [-0.4, -0.2) is 53.9 Å². The number of urea groups is 1. The number of hydrogen-bond acceptors (Lipinski definition) is 4. The molecule has 0 bridgehead atoms. The van der Waals surface area contributed by atoms with E-state index in [0.29, 0.717) is 37.6 Å². The topological polar surface area (TPSA) is 78.5 Å². The minimum atomic E-state index is -0.597. The largest absolute Gasteiger partial charge is 0.357 e. The van der Waals surface area contributed by atoms with E-state index in [9.17, 15) is 14.4 Å². The fourth-order valence-corrected chi connectivity index (χ4v) is 3.27. The highest BCUT2D eigenvalue weighted by Gasteiger charge is 2.23. The van der Waals surface area contributed by atoms with Gasteiger partial charge in [0.1, 0.15) is 6.04 Å². The molecule has 7 heteroatoms. The van der Waals surface area contributed by atoms with Crippen molar-refractivity contribution in [2.24, 2.45) is 5.92 Å². The summed E-state index contributed by atoms with van der Waals surface area (Å²) in [6, 6.07) is 9.04. The van der Waals surface area contributed by atoms with Crippen molar-refractivity contribution in [1.82, 2.24) is 15.5 Å². The van der Waals surface area contributed by atoms with E-state index in [4.69, 9.17) is 0 Å². The van der Waals surface area contributed by atoms with Crippen molar-refractivity contribution in [3.8, 4) is 0 Å². The number of aryl methyl sites for hydroxylation is 1. The minimum Gasteiger partial charge on any atom is -0.357 e. The molecule has 0 aromatic heterocycles. The predicted molar refractivity (Wildman–Crippen MR) is 115 cm³/mol. The Bertz CT molecular complexity index is 623. The Morgan fingerprint density at radius 1 is 1.07 bits per heavy atom. The van der Waals surface area contributed by atoms with Gasteiger partial charge in [-0.25, -0.2) is 4.79 Å². The van der Waals surface area contributed by atoms with Crippen molar-refractivity contribution in [1.29, 1.82) is 0 Å². The summed E-state index contributed by atoms with van der Waals surface area (Å²) in [7, 11) is 1.57. The van der Waals surface area contributed by atoms with E-state index in [1.807, 2.05) is 30.3 Å². The van der Waals surface area contributed by atoms with Gasteiger partial charge in [-0.1, -0.05) is 55.9 Å². The molecule has 0 fully saturated rings. The normalized spacial score (nSPS) is 11.8. The molecule has 0 saturated heterocycles. The van der Waals surface area contributed by atoms with Gasteiger partial charge < -0.3 is 15.5 Å². The van der Waals surface area contributed by atoms with Crippen LogP contribution in [0.5, 0.6) is 0 Å². The third-order valence-corrected chi connectivity index (χ3v) is 5.15. The van der Waals surface area contributed by atoms with Gasteiger partial charge in [0.2, 0.25) is 5.91 Å². The van der Waals surface area contributed by atoms with Crippen molar-refractivity contribution in [2.45, 2.75) is 46.1 Å². The number of carbonyl (C=O) groups excluding carboxylic acids is 3. The molecule has 1 aromatic rings. The Morgan fingerprint density at radius 3 is 2.32 bits per heavy atom. The summed E-state index contributed by atoms with van der Waals surface area (Å²) in [4.78, 5) is 38.0. The first kappa shape index (κ1) is 24.0. The molecule has 3 amide bonds. The second kappa shape index (κ2) is 13.2. The predicted octanol–water partition coefficient (Wildman–Crippen LogP) is 3.07. The van der Waals surface area contributed by atoms with Crippen LogP contribution in [0, 0.1) is 5.92 Å². The Hall–Kier alpha value is -2.02. The van der Waals surface area contributed by atoms with E-state index >= 15 is 0 Å². The highest BCUT2D eigenvalue weighted by Crippen LogP contribution is 2.09. The maximum atomic E-state index is 12.8. The SMILES string of the molecule is CNC(=O)[C@H](CCc1ccccc1)NC(=O)N(CCSC(C)=O)CCC(C)C. The van der Waals surface area contributed by atoms with Crippen molar-refractivity contribution in [3.05, 3.63) is 35.9 Å². The molecule has 0 aliphatic heterocycles. The third kappa shape index (κ3) is 9.78. The molecule has 1 aromatic carbocycles. The fraction of sp³-hybridized carbons (Fsp3) is 0.571. The van der Waals surface area contributed by atoms with Gasteiger partial charge in [-0.15, -0.1) is 0 Å². The molecule has 156 valence electrons. The molecular weight excluding hydrogens is 374 g/mol. The zero-order chi connectivity index (χ0) is 20.9. The van der Waals surface area contributed by atoms with Crippen LogP contribution < -0.4 is 10.6 Å². The van der Waals surface area contributed by atoms with Crippen LogP contribution >= 0.6 is 11.8 Å². The quantitative estimate of drug-likeness (QED) is 0.591. The second-order valence-corrected chi connectivity index (χ2v) is 8.42. The first-order chi connectivity index (χ1) is 13.3. The summed E-state index contributed by atoms with van der Waals surface area (Å²) in [5.41, 5.74) is 1.13. The lowest BCUT2D eigenvalue weighted by Gasteiger charge is -2.26. The summed E-state index contributed by atoms with van der Waals surface area (Å²) in [5, 5.41) is 5.55. The second-order valence-electron chi connectivity index (χ2n) is 7.15. The van der Waals surface area contributed by atoms with Crippen molar-refractivity contribution in [2.75, 3.05) is 25.9 Å². The van der Waals surface area contributed by atoms with E-state index in [-0.39, 0.29) is 17.1 Å². The molecule has 0 saturated carbocycles. The van der Waals surface area contributed by atoms with Crippen LogP contribution in [0.25, 0.3) is 0 Å². The maximum absolute atomic E-state index is 12.8. The van der Waals surface area contributed by atoms with E-state index in [1.54, 1.807) is 11.9 Å². The lowest BCUT2D eigenvalue weighted by atomic mass is 10.0. The van der Waals surface area contributed by atoms with Gasteiger partial charge >= 0.3 is 6.03 Å². The van der Waals surface area contributed by atoms with Crippen LogP contribution in [0.1, 0.15) is 39.2 Å². The van der Waals surface area contributed by atoms with E-state index in [0.717, 1.165) is 12.0 Å². The average molecular weight is 408 g/mol. The van der Waals surface area contributed by atoms with Gasteiger partial charge in [-0.2, -0.15) is 0 Å². The summed E-state index contributed by atoms with van der Waals surface area (Å²) < 4.78 is 0. The summed E-state index contributed by atoms with van der Waals surface area (Å²) in [6.07, 6.45) is 2.09. The first-order valence-corrected chi connectivity index (χ1v) is 10.8. The highest BCUT2D eigenvalue weighted by atomic mass is 32.2. The smallest absolute Gasteiger partial charge is 0.318 e. The number of amides is 3. The zero-order valence-corrected chi connectivity index (χ0v) is 18.2. The molecule has 0 aliphatic rings. The molecule has 0 radical (unpaired) electrons. The average Bonchev–Trinajstić information content (AvgIpc) is 2.67. The van der Waals surface area contributed by atoms with Crippen LogP contribution in [0.15, 0.2) is 30.3 Å². The molecular formula is C21H33N3O3S. The summed E-state index contributed by atoms with van der Waals surface area (Å²) in [6.45, 7) is 6.80. The minimum absolute atomic E-state index is 0.0373. The molecule has 0 spiro atoms. The van der Waals surface area contributed by atoms with Crippen LogP contribution in [0.3, 0.4) is 0 Å². The maximum Gasteiger partial charge on any atom is 0.318 e. The number of hydrogen-bond donors (Lipinski definition) is 2. The van der Waals surface area contributed by atoms with Gasteiger partial charge in [0, 0.05) is 32.8 Å². The number of likely N-dealkylation sites (N-methyl/N-ethyl adjacent to an activating group) is 1. The number of nitrogens with one attached hydrogen (secondary N) is 2. The van der Waals surface area contributed by atoms with Gasteiger partial charge in [0.05, 0.1) is 0 Å². The van der Waals surface area contributed by atoms with Crippen molar-refractivity contribution >= 4 is 28.8 Å². The standard InChI is InChI=1S/C21H33N3O3S/c1-16(2)12-13-24(14-15-28-17(3)25)21(27)23-19(20(26)22-4)11-10-18-8-6-5-7-9-18/h5-9,16,19H,10-15H2,1-4H3,(H,22,26)(H,23,27)/t19-/m0/s1. The third-order valence-electron chi connectivity index (χ3n) is 4.36. The van der Waals surface area contributed by atoms with Crippen LogP contribution in [-0.2, 0) is 16.0 Å². The number of thioether (sulfide) groups is 1. The van der Waals surface area contributed by atoms with Crippen LogP contribution in [0.4, 0.5) is 4.79 Å². The molecule has 28 heavy (non-hydrogen) atoms. The number of nitrogens with zero attached hydrogens (tertiary/aromatic N) is 1. The molecule has 6 nitrogen and oxygen atoms in total. The Labute approximate surface area is 172 Å². The van der Waals surface area contributed by atoms with Crippen LogP contribution in [0.2, 0.25) is 0 Å². The molecule has 0 unspecified atom stereocenters. The van der Waals surface area contributed by atoms with Gasteiger partial charge in [0.25, 0.3) is 0 Å². The zero-order valence-electron chi connectivity index (χ0n) is 17.4. The van der Waals surface area contributed by atoms with Crippen molar-refractivity contribution in [3.63, 3.8) is 0 Å². The lowest BCUT2D eigenvalue weighted by molar-refractivity contribution is -0.122.